The first-order valence-corrected chi connectivity index (χ1v) is 7.40. The monoisotopic (exact) mass is 335 g/mol. The lowest BCUT2D eigenvalue weighted by Gasteiger charge is -2.07. The number of hydrogen-bond donors (Lipinski definition) is 1. The Morgan fingerprint density at radius 1 is 1.15 bits per heavy atom. The van der Waals surface area contributed by atoms with E-state index in [1.807, 2.05) is 24.3 Å². The minimum Gasteiger partial charge on any atom is -0.348 e. The Labute approximate surface area is 126 Å². The predicted octanol–water partition coefficient (Wildman–Crippen LogP) is 3.96. The molecule has 0 aliphatic rings. The summed E-state index contributed by atoms with van der Waals surface area (Å²) in [6.07, 6.45) is 0. The van der Waals surface area contributed by atoms with Gasteiger partial charge in [0, 0.05) is 17.4 Å². The smallest absolute Gasteiger partial charge is 0.251 e. The van der Waals surface area contributed by atoms with Crippen molar-refractivity contribution in [2.45, 2.75) is 18.8 Å². The van der Waals surface area contributed by atoms with Crippen LogP contribution in [0.2, 0.25) is 0 Å². The van der Waals surface area contributed by atoms with E-state index in [0.29, 0.717) is 17.7 Å². The van der Waals surface area contributed by atoms with Gasteiger partial charge in [-0.1, -0.05) is 46.3 Å². The molecule has 0 fully saturated rings. The molecule has 104 valence electrons. The van der Waals surface area contributed by atoms with Gasteiger partial charge in [0.1, 0.15) is 5.82 Å². The quantitative estimate of drug-likeness (QED) is 0.842. The van der Waals surface area contributed by atoms with Gasteiger partial charge >= 0.3 is 0 Å². The molecule has 0 aliphatic heterocycles. The number of rotatable bonds is 4. The average molecular weight is 336 g/mol. The fourth-order valence-electron chi connectivity index (χ4n) is 1.76. The summed E-state index contributed by atoms with van der Waals surface area (Å²) in [6.45, 7) is 2.10. The van der Waals surface area contributed by atoms with E-state index in [1.54, 1.807) is 19.1 Å². The van der Waals surface area contributed by atoms with Crippen LogP contribution in [0.25, 0.3) is 0 Å². The zero-order valence-corrected chi connectivity index (χ0v) is 12.7. The van der Waals surface area contributed by atoms with Gasteiger partial charge in [0.2, 0.25) is 0 Å². The molecule has 0 aliphatic carbocycles. The van der Waals surface area contributed by atoms with E-state index < -0.39 is 0 Å². The molecule has 0 spiro atoms. The molecule has 1 N–H and O–H groups in total. The van der Waals surface area contributed by atoms with Crippen LogP contribution in [0.15, 0.2) is 42.5 Å². The molecule has 0 radical (unpaired) electrons. The molecule has 0 bridgehead atoms. The van der Waals surface area contributed by atoms with E-state index in [1.165, 1.54) is 11.6 Å². The van der Waals surface area contributed by atoms with Crippen molar-refractivity contribution in [2.24, 2.45) is 0 Å². The summed E-state index contributed by atoms with van der Waals surface area (Å²) in [5.41, 5.74) is 3.06. The molecule has 0 atom stereocenters. The topological polar surface area (TPSA) is 29.1 Å². The molecule has 2 rings (SSSR count). The Morgan fingerprint density at radius 2 is 1.80 bits per heavy atom. The van der Waals surface area contributed by atoms with Gasteiger partial charge in [-0.05, 0) is 35.7 Å². The molecular formula is C16H15BrFNO. The van der Waals surface area contributed by atoms with Crippen molar-refractivity contribution in [3.05, 3.63) is 70.5 Å². The van der Waals surface area contributed by atoms with E-state index in [4.69, 9.17) is 0 Å². The third-order valence-corrected chi connectivity index (χ3v) is 3.71. The Kier molecular flexibility index (Phi) is 4.90. The van der Waals surface area contributed by atoms with E-state index in [-0.39, 0.29) is 11.7 Å². The summed E-state index contributed by atoms with van der Waals surface area (Å²) in [5.74, 6) is -0.632. The maximum absolute atomic E-state index is 13.4. The van der Waals surface area contributed by atoms with E-state index >= 15 is 0 Å². The molecule has 0 saturated heterocycles. The van der Waals surface area contributed by atoms with Crippen LogP contribution in [0.5, 0.6) is 0 Å². The number of carbonyl (C=O) groups excluding carboxylic acids is 1. The van der Waals surface area contributed by atoms with Gasteiger partial charge in [-0.25, -0.2) is 4.39 Å². The minimum atomic E-state index is -0.362. The first-order valence-electron chi connectivity index (χ1n) is 6.28. The van der Waals surface area contributed by atoms with E-state index in [0.717, 1.165) is 10.9 Å². The second kappa shape index (κ2) is 6.66. The van der Waals surface area contributed by atoms with Gasteiger partial charge in [0.05, 0.1) is 0 Å². The number of halogens is 2. The van der Waals surface area contributed by atoms with Gasteiger partial charge in [0.25, 0.3) is 5.91 Å². The summed E-state index contributed by atoms with van der Waals surface area (Å²) in [7, 11) is 0. The molecule has 20 heavy (non-hydrogen) atoms. The third-order valence-electron chi connectivity index (χ3n) is 3.06. The highest BCUT2D eigenvalue weighted by Crippen LogP contribution is 2.10. The predicted molar refractivity (Wildman–Crippen MR) is 81.4 cm³/mol. The lowest BCUT2D eigenvalue weighted by molar-refractivity contribution is 0.0950. The Morgan fingerprint density at radius 3 is 2.40 bits per heavy atom. The van der Waals surface area contributed by atoms with Crippen molar-refractivity contribution >= 4 is 21.8 Å². The maximum Gasteiger partial charge on any atom is 0.251 e. The van der Waals surface area contributed by atoms with Crippen molar-refractivity contribution in [3.63, 3.8) is 0 Å². The van der Waals surface area contributed by atoms with Crippen LogP contribution in [0.3, 0.4) is 0 Å². The number of aryl methyl sites for hydroxylation is 1. The van der Waals surface area contributed by atoms with Crippen LogP contribution in [0, 0.1) is 12.7 Å². The number of carbonyl (C=O) groups is 1. The lowest BCUT2D eigenvalue weighted by atomic mass is 10.1. The SMILES string of the molecule is Cc1ccc(C(=O)NCc2ccc(CBr)cc2)cc1F. The van der Waals surface area contributed by atoms with Crippen molar-refractivity contribution in [2.75, 3.05) is 0 Å². The molecular weight excluding hydrogens is 321 g/mol. The molecule has 0 unspecified atom stereocenters. The first kappa shape index (κ1) is 14.7. The Balaban J connectivity index is 1.98. The number of nitrogens with one attached hydrogen (secondary N) is 1. The summed E-state index contributed by atoms with van der Waals surface area (Å²) < 4.78 is 13.4. The largest absolute Gasteiger partial charge is 0.348 e. The minimum absolute atomic E-state index is 0.270. The summed E-state index contributed by atoms with van der Waals surface area (Å²) >= 11 is 3.38. The molecule has 0 heterocycles. The van der Waals surface area contributed by atoms with Crippen LogP contribution in [0.1, 0.15) is 27.0 Å². The number of alkyl halides is 1. The van der Waals surface area contributed by atoms with Crippen molar-refractivity contribution in [3.8, 4) is 0 Å². The number of benzene rings is 2. The zero-order valence-electron chi connectivity index (χ0n) is 11.1. The van der Waals surface area contributed by atoms with Crippen LogP contribution in [-0.2, 0) is 11.9 Å². The van der Waals surface area contributed by atoms with E-state index in [9.17, 15) is 9.18 Å². The highest BCUT2D eigenvalue weighted by molar-refractivity contribution is 9.08. The second-order valence-electron chi connectivity index (χ2n) is 4.60. The highest BCUT2D eigenvalue weighted by Gasteiger charge is 2.07. The maximum atomic E-state index is 13.4. The zero-order chi connectivity index (χ0) is 14.5. The summed E-state index contributed by atoms with van der Waals surface area (Å²) in [6, 6.07) is 12.4. The molecule has 2 aromatic rings. The van der Waals surface area contributed by atoms with Gasteiger partial charge < -0.3 is 5.32 Å². The van der Waals surface area contributed by atoms with Gasteiger partial charge in [0.15, 0.2) is 0 Å². The van der Waals surface area contributed by atoms with Crippen molar-refractivity contribution < 1.29 is 9.18 Å². The highest BCUT2D eigenvalue weighted by atomic mass is 79.9. The molecule has 2 nitrogen and oxygen atoms in total. The molecule has 0 aromatic heterocycles. The van der Waals surface area contributed by atoms with Crippen LogP contribution >= 0.6 is 15.9 Å². The summed E-state index contributed by atoms with van der Waals surface area (Å²) in [4.78, 5) is 11.9. The van der Waals surface area contributed by atoms with E-state index in [2.05, 4.69) is 21.2 Å². The van der Waals surface area contributed by atoms with Crippen molar-refractivity contribution in [1.82, 2.24) is 5.32 Å². The average Bonchev–Trinajstić information content (AvgIpc) is 2.48. The Bertz CT molecular complexity index is 610. The lowest BCUT2D eigenvalue weighted by Crippen LogP contribution is -2.22. The van der Waals surface area contributed by atoms with Gasteiger partial charge in [-0.15, -0.1) is 0 Å². The first-order chi connectivity index (χ1) is 9.60. The molecule has 4 heteroatoms. The standard InChI is InChI=1S/C16H15BrFNO/c1-11-2-7-14(8-15(11)18)16(20)19-10-13-5-3-12(9-17)4-6-13/h2-8H,9-10H2,1H3,(H,19,20). The van der Waals surface area contributed by atoms with Gasteiger partial charge in [-0.3, -0.25) is 4.79 Å². The van der Waals surface area contributed by atoms with Crippen LogP contribution in [0.4, 0.5) is 4.39 Å². The number of amides is 1. The Hall–Kier alpha value is -1.68. The number of hydrogen-bond acceptors (Lipinski definition) is 1. The molecule has 2 aromatic carbocycles. The van der Waals surface area contributed by atoms with Crippen LogP contribution < -0.4 is 5.32 Å². The fraction of sp³-hybridized carbons (Fsp3) is 0.188. The molecule has 1 amide bonds. The summed E-state index contributed by atoms with van der Waals surface area (Å²) in [5, 5.41) is 3.59. The second-order valence-corrected chi connectivity index (χ2v) is 5.16. The molecule has 0 saturated carbocycles. The fourth-order valence-corrected chi connectivity index (χ4v) is 2.14. The van der Waals surface area contributed by atoms with Gasteiger partial charge in [-0.2, -0.15) is 0 Å². The van der Waals surface area contributed by atoms with Crippen molar-refractivity contribution in [1.29, 1.82) is 0 Å². The normalized spacial score (nSPS) is 10.3. The van der Waals surface area contributed by atoms with Crippen LogP contribution in [-0.4, -0.2) is 5.91 Å². The third kappa shape index (κ3) is 3.67.